The average Bonchev–Trinajstić information content (AvgIpc) is 2.15. The van der Waals surface area contributed by atoms with Crippen LogP contribution in [0.15, 0.2) is 24.3 Å². The Morgan fingerprint density at radius 1 is 1.43 bits per heavy atom. The molecule has 1 aromatic rings. The number of carboxylic acids is 1. The Hall–Kier alpha value is -0.713. The first kappa shape index (κ1) is 13.3. The van der Waals surface area contributed by atoms with Crippen LogP contribution in [0.4, 0.5) is 0 Å². The van der Waals surface area contributed by atoms with E-state index in [9.17, 15) is 9.90 Å². The second-order valence-corrected chi connectivity index (χ2v) is 3.09. The maximum Gasteiger partial charge on any atom is 1.00 e. The summed E-state index contributed by atoms with van der Waals surface area (Å²) < 4.78 is 0. The van der Waals surface area contributed by atoms with Gasteiger partial charge in [0.25, 0.3) is 0 Å². The first-order valence-corrected chi connectivity index (χ1v) is 4.54. The summed E-state index contributed by atoms with van der Waals surface area (Å²) >= 11 is 0. The summed E-state index contributed by atoms with van der Waals surface area (Å²) in [6.07, 6.45) is 3.16. The van der Waals surface area contributed by atoms with Crippen LogP contribution in [0.2, 0.25) is 0 Å². The summed E-state index contributed by atoms with van der Waals surface area (Å²) in [7, 11) is 0. The Kier molecular flexibility index (Phi) is 6.36. The van der Waals surface area contributed by atoms with Crippen molar-refractivity contribution in [1.29, 1.82) is 0 Å². The zero-order valence-electron chi connectivity index (χ0n) is 8.75. The van der Waals surface area contributed by atoms with Gasteiger partial charge in [-0.15, -0.1) is 0 Å². The fraction of sp³-hybridized carbons (Fsp3) is 0.364. The minimum Gasteiger partial charge on any atom is -0.545 e. The smallest absolute Gasteiger partial charge is 0.545 e. The van der Waals surface area contributed by atoms with Crippen molar-refractivity contribution in [2.75, 3.05) is 0 Å². The van der Waals surface area contributed by atoms with E-state index in [2.05, 4.69) is 6.92 Å². The van der Waals surface area contributed by atoms with E-state index in [0.717, 1.165) is 24.8 Å². The molecule has 0 spiro atoms. The molecule has 0 aliphatic rings. The molecule has 2 nitrogen and oxygen atoms in total. The summed E-state index contributed by atoms with van der Waals surface area (Å²) in [5.74, 6) is -1.10. The monoisotopic (exact) mass is 184 g/mol. The van der Waals surface area contributed by atoms with Crippen LogP contribution >= 0.6 is 0 Å². The normalized spacial score (nSPS) is 9.21. The molecule has 0 saturated carbocycles. The van der Waals surface area contributed by atoms with E-state index >= 15 is 0 Å². The van der Waals surface area contributed by atoms with E-state index in [1.165, 1.54) is 0 Å². The van der Waals surface area contributed by atoms with Gasteiger partial charge in [0, 0.05) is 0 Å². The molecule has 0 atom stereocenters. The number of hydrogen-bond acceptors (Lipinski definition) is 2. The Balaban J connectivity index is 0.00000169. The SMILES string of the molecule is CCCCc1cccc(C(=O)[O-])c1.[Li+]. The predicted molar refractivity (Wildman–Crippen MR) is 49.4 cm³/mol. The van der Waals surface area contributed by atoms with E-state index in [1.807, 2.05) is 6.07 Å². The van der Waals surface area contributed by atoms with Gasteiger partial charge in [0.15, 0.2) is 0 Å². The van der Waals surface area contributed by atoms with E-state index < -0.39 is 5.97 Å². The molecule has 0 fully saturated rings. The molecule has 3 heteroatoms. The number of benzene rings is 1. The Morgan fingerprint density at radius 3 is 2.71 bits per heavy atom. The van der Waals surface area contributed by atoms with Crippen LogP contribution in [-0.4, -0.2) is 5.97 Å². The molecule has 0 N–H and O–H groups in total. The number of unbranched alkanes of at least 4 members (excludes halogenated alkanes) is 1. The number of carbonyl (C=O) groups is 1. The fourth-order valence-electron chi connectivity index (χ4n) is 1.23. The quantitative estimate of drug-likeness (QED) is 0.528. The minimum atomic E-state index is -1.10. The summed E-state index contributed by atoms with van der Waals surface area (Å²) in [5, 5.41) is 10.5. The van der Waals surface area contributed by atoms with E-state index in [0.29, 0.717) is 0 Å². The molecule has 0 radical (unpaired) electrons. The maximum absolute atomic E-state index is 10.5. The van der Waals surface area contributed by atoms with E-state index in [4.69, 9.17) is 0 Å². The maximum atomic E-state index is 10.5. The van der Waals surface area contributed by atoms with Crippen LogP contribution in [0.1, 0.15) is 35.7 Å². The van der Waals surface area contributed by atoms with Crippen LogP contribution in [0, 0.1) is 0 Å². The third-order valence-corrected chi connectivity index (χ3v) is 1.98. The van der Waals surface area contributed by atoms with Crippen LogP contribution < -0.4 is 24.0 Å². The van der Waals surface area contributed by atoms with Gasteiger partial charge in [-0.1, -0.05) is 31.5 Å². The molecule has 0 unspecified atom stereocenters. The van der Waals surface area contributed by atoms with Gasteiger partial charge >= 0.3 is 18.9 Å². The van der Waals surface area contributed by atoms with Gasteiger partial charge in [-0.3, -0.25) is 0 Å². The third kappa shape index (κ3) is 4.00. The summed E-state index contributed by atoms with van der Waals surface area (Å²) in [6.45, 7) is 2.11. The van der Waals surface area contributed by atoms with Crippen molar-refractivity contribution in [3.05, 3.63) is 35.4 Å². The van der Waals surface area contributed by atoms with Crippen molar-refractivity contribution < 1.29 is 28.8 Å². The number of aryl methyl sites for hydroxylation is 1. The van der Waals surface area contributed by atoms with Crippen molar-refractivity contribution in [3.8, 4) is 0 Å². The zero-order valence-corrected chi connectivity index (χ0v) is 8.75. The molecule has 0 amide bonds. The van der Waals surface area contributed by atoms with Crippen molar-refractivity contribution in [3.63, 3.8) is 0 Å². The zero-order chi connectivity index (χ0) is 9.68. The van der Waals surface area contributed by atoms with Gasteiger partial charge in [0.1, 0.15) is 0 Å². The second-order valence-electron chi connectivity index (χ2n) is 3.09. The number of carbonyl (C=O) groups excluding carboxylic acids is 1. The van der Waals surface area contributed by atoms with Crippen LogP contribution in [0.25, 0.3) is 0 Å². The summed E-state index contributed by atoms with van der Waals surface area (Å²) in [6, 6.07) is 6.95. The Bertz CT molecular complexity index is 297. The minimum absolute atomic E-state index is 0. The third-order valence-electron chi connectivity index (χ3n) is 1.98. The largest absolute Gasteiger partial charge is 1.00 e. The van der Waals surface area contributed by atoms with E-state index in [-0.39, 0.29) is 24.4 Å². The van der Waals surface area contributed by atoms with Gasteiger partial charge in [-0.05, 0) is 30.0 Å². The molecular formula is C11H13LiO2. The summed E-state index contributed by atoms with van der Waals surface area (Å²) in [4.78, 5) is 10.5. The molecular weight excluding hydrogens is 171 g/mol. The molecule has 0 bridgehead atoms. The van der Waals surface area contributed by atoms with Gasteiger partial charge in [0.05, 0.1) is 5.97 Å². The average molecular weight is 184 g/mol. The van der Waals surface area contributed by atoms with Crippen molar-refractivity contribution in [1.82, 2.24) is 0 Å². The van der Waals surface area contributed by atoms with Gasteiger partial charge < -0.3 is 9.90 Å². The number of carboxylic acid groups (broad SMARTS) is 1. The molecule has 70 valence electrons. The number of aromatic carboxylic acids is 1. The van der Waals surface area contributed by atoms with Crippen molar-refractivity contribution in [2.45, 2.75) is 26.2 Å². The van der Waals surface area contributed by atoms with Crippen LogP contribution in [0.5, 0.6) is 0 Å². The molecule has 1 rings (SSSR count). The summed E-state index contributed by atoms with van der Waals surface area (Å²) in [5.41, 5.74) is 1.34. The molecule has 0 aliphatic carbocycles. The van der Waals surface area contributed by atoms with Gasteiger partial charge in [-0.25, -0.2) is 0 Å². The second kappa shape index (κ2) is 6.70. The van der Waals surface area contributed by atoms with Gasteiger partial charge in [0.2, 0.25) is 0 Å². The molecule has 1 aromatic carbocycles. The van der Waals surface area contributed by atoms with Crippen molar-refractivity contribution in [2.24, 2.45) is 0 Å². The molecule has 14 heavy (non-hydrogen) atoms. The molecule has 0 heterocycles. The first-order valence-electron chi connectivity index (χ1n) is 4.54. The standard InChI is InChI=1S/C11H14O2.Li/c1-2-3-5-9-6-4-7-10(8-9)11(12)13;/h4,6-8H,2-3,5H2,1H3,(H,12,13);/q;+1/p-1. The predicted octanol–water partition coefficient (Wildman–Crippen LogP) is -1.60. The van der Waals surface area contributed by atoms with Crippen LogP contribution in [-0.2, 0) is 6.42 Å². The first-order chi connectivity index (χ1) is 6.24. The van der Waals surface area contributed by atoms with Crippen LogP contribution in [0.3, 0.4) is 0 Å². The molecule has 0 saturated heterocycles. The van der Waals surface area contributed by atoms with Gasteiger partial charge in [-0.2, -0.15) is 0 Å². The topological polar surface area (TPSA) is 40.1 Å². The Morgan fingerprint density at radius 2 is 2.14 bits per heavy atom. The Labute approximate surface area is 96.5 Å². The number of hydrogen-bond donors (Lipinski definition) is 0. The number of rotatable bonds is 4. The molecule has 0 aliphatic heterocycles. The van der Waals surface area contributed by atoms with Crippen molar-refractivity contribution >= 4 is 5.97 Å². The van der Waals surface area contributed by atoms with E-state index in [1.54, 1.807) is 18.2 Å². The molecule has 0 aromatic heterocycles. The fourth-order valence-corrected chi connectivity index (χ4v) is 1.23.